The molecule has 0 unspecified atom stereocenters. The van der Waals surface area contributed by atoms with Crippen LogP contribution in [0, 0.1) is 10.1 Å². The molecule has 0 radical (unpaired) electrons. The minimum Gasteiger partial charge on any atom is -0.488 e. The van der Waals surface area contributed by atoms with E-state index in [1.54, 1.807) is 0 Å². The number of nitrogens with zero attached hydrogens (tertiary/aromatic N) is 2. The van der Waals surface area contributed by atoms with E-state index in [1.165, 1.54) is 0 Å². The number of aromatic nitrogens is 1. The van der Waals surface area contributed by atoms with Crippen LogP contribution in [0.15, 0.2) is 12.3 Å². The zero-order chi connectivity index (χ0) is 11.7. The van der Waals surface area contributed by atoms with Crippen molar-refractivity contribution in [2.75, 3.05) is 0 Å². The molecule has 0 aliphatic heterocycles. The lowest BCUT2D eigenvalue weighted by molar-refractivity contribution is -0.385. The minimum absolute atomic E-state index is 0.0378. The van der Waals surface area contributed by atoms with Crippen LogP contribution in [0.5, 0.6) is 5.75 Å². The molecule has 1 saturated carbocycles. The molecule has 7 heteroatoms. The lowest BCUT2D eigenvalue weighted by Crippen LogP contribution is -2.07. The summed E-state index contributed by atoms with van der Waals surface area (Å²) < 4.78 is 5.26. The van der Waals surface area contributed by atoms with Gasteiger partial charge in [-0.2, -0.15) is 0 Å². The third-order valence-electron chi connectivity index (χ3n) is 2.07. The van der Waals surface area contributed by atoms with Gasteiger partial charge in [0.15, 0.2) is 11.4 Å². The first kappa shape index (κ1) is 10.3. The Morgan fingerprint density at radius 1 is 1.62 bits per heavy atom. The van der Waals surface area contributed by atoms with Crippen LogP contribution in [-0.4, -0.2) is 27.1 Å². The van der Waals surface area contributed by atoms with Gasteiger partial charge in [0, 0.05) is 0 Å². The second-order valence-corrected chi connectivity index (χ2v) is 3.42. The zero-order valence-corrected chi connectivity index (χ0v) is 8.12. The van der Waals surface area contributed by atoms with E-state index in [4.69, 9.17) is 9.84 Å². The zero-order valence-electron chi connectivity index (χ0n) is 8.12. The predicted octanol–water partition coefficient (Wildman–Crippen LogP) is 1.23. The van der Waals surface area contributed by atoms with Gasteiger partial charge in [0.25, 0.3) is 5.69 Å². The number of carbonyl (C=O) groups is 1. The van der Waals surface area contributed by atoms with Crippen molar-refractivity contribution < 1.29 is 19.6 Å². The average Bonchev–Trinajstić information content (AvgIpc) is 3.01. The number of hydrogen-bond donors (Lipinski definition) is 1. The number of ether oxygens (including phenoxy) is 1. The molecule has 0 spiro atoms. The van der Waals surface area contributed by atoms with Gasteiger partial charge in [0.05, 0.1) is 17.1 Å². The smallest absolute Gasteiger partial charge is 0.358 e. The molecule has 7 nitrogen and oxygen atoms in total. The van der Waals surface area contributed by atoms with Gasteiger partial charge < -0.3 is 9.84 Å². The summed E-state index contributed by atoms with van der Waals surface area (Å²) in [5.41, 5.74) is -0.571. The summed E-state index contributed by atoms with van der Waals surface area (Å²) in [4.78, 5) is 24.2. The van der Waals surface area contributed by atoms with Gasteiger partial charge in [-0.1, -0.05) is 0 Å². The van der Waals surface area contributed by atoms with E-state index >= 15 is 0 Å². The highest BCUT2D eigenvalue weighted by Gasteiger charge is 2.27. The van der Waals surface area contributed by atoms with Crippen LogP contribution < -0.4 is 4.74 Å². The molecular weight excluding hydrogens is 216 g/mol. The van der Waals surface area contributed by atoms with Crippen LogP contribution >= 0.6 is 0 Å². The van der Waals surface area contributed by atoms with Gasteiger partial charge in [-0.3, -0.25) is 10.1 Å². The first-order chi connectivity index (χ1) is 7.58. The minimum atomic E-state index is -1.26. The van der Waals surface area contributed by atoms with Crippen molar-refractivity contribution in [3.8, 4) is 5.75 Å². The summed E-state index contributed by atoms with van der Waals surface area (Å²) in [6.07, 6.45) is 2.54. The fourth-order valence-electron chi connectivity index (χ4n) is 1.15. The number of carboxylic acids is 1. The van der Waals surface area contributed by atoms with E-state index in [9.17, 15) is 14.9 Å². The van der Waals surface area contributed by atoms with Crippen molar-refractivity contribution in [2.45, 2.75) is 18.9 Å². The molecule has 2 rings (SSSR count). The first-order valence-corrected chi connectivity index (χ1v) is 4.62. The Hall–Kier alpha value is -2.18. The molecule has 0 amide bonds. The number of carboxylic acid groups (broad SMARTS) is 1. The third kappa shape index (κ3) is 2.08. The summed E-state index contributed by atoms with van der Waals surface area (Å²) in [5, 5.41) is 19.3. The molecule has 16 heavy (non-hydrogen) atoms. The van der Waals surface area contributed by atoms with Crippen LogP contribution in [0.1, 0.15) is 23.3 Å². The lowest BCUT2D eigenvalue weighted by atomic mass is 10.3. The van der Waals surface area contributed by atoms with Crippen molar-refractivity contribution in [2.24, 2.45) is 0 Å². The summed E-state index contributed by atoms with van der Waals surface area (Å²) in [6.45, 7) is 0. The third-order valence-corrected chi connectivity index (χ3v) is 2.07. The number of nitro groups is 1. The molecule has 84 valence electrons. The Morgan fingerprint density at radius 3 is 2.81 bits per heavy atom. The fourth-order valence-corrected chi connectivity index (χ4v) is 1.15. The Kier molecular flexibility index (Phi) is 2.43. The van der Waals surface area contributed by atoms with Gasteiger partial charge in [0.1, 0.15) is 6.20 Å². The number of rotatable bonds is 4. The highest BCUT2D eigenvalue weighted by molar-refractivity contribution is 5.88. The van der Waals surface area contributed by atoms with Crippen LogP contribution in [0.2, 0.25) is 0 Å². The molecule has 1 fully saturated rings. The van der Waals surface area contributed by atoms with Gasteiger partial charge >= 0.3 is 5.97 Å². The Bertz CT molecular complexity index is 455. The maximum atomic E-state index is 10.8. The van der Waals surface area contributed by atoms with Crippen LogP contribution in [0.3, 0.4) is 0 Å². The normalized spacial score (nSPS) is 14.5. The first-order valence-electron chi connectivity index (χ1n) is 4.62. The average molecular weight is 224 g/mol. The van der Waals surface area contributed by atoms with Crippen molar-refractivity contribution in [3.05, 3.63) is 28.1 Å². The molecule has 0 saturated heterocycles. The molecule has 1 aliphatic rings. The largest absolute Gasteiger partial charge is 0.488 e. The highest BCUT2D eigenvalue weighted by atomic mass is 16.6. The molecule has 1 aromatic rings. The quantitative estimate of drug-likeness (QED) is 0.609. The summed E-state index contributed by atoms with van der Waals surface area (Å²) in [6, 6.07) is 1.09. The molecule has 0 bridgehead atoms. The standard InChI is InChI=1S/C9H8N2O5/c12-9(13)8-7(16-6-1-2-6)3-5(4-10-8)11(14)15/h3-4,6H,1-2H2,(H,12,13). The van der Waals surface area contributed by atoms with Crippen LogP contribution in [0.4, 0.5) is 5.69 Å². The van der Waals surface area contributed by atoms with Crippen molar-refractivity contribution in [3.63, 3.8) is 0 Å². The maximum Gasteiger partial charge on any atom is 0.358 e. The summed E-state index contributed by atoms with van der Waals surface area (Å²) >= 11 is 0. The van der Waals surface area contributed by atoms with Gasteiger partial charge in [0.2, 0.25) is 0 Å². The van der Waals surface area contributed by atoms with E-state index in [0.29, 0.717) is 0 Å². The lowest BCUT2D eigenvalue weighted by Gasteiger charge is -2.06. The van der Waals surface area contributed by atoms with Gasteiger partial charge in [-0.15, -0.1) is 0 Å². The van der Waals surface area contributed by atoms with E-state index in [0.717, 1.165) is 25.1 Å². The predicted molar refractivity (Wildman–Crippen MR) is 51.5 cm³/mol. The molecule has 1 N–H and O–H groups in total. The number of hydrogen-bond acceptors (Lipinski definition) is 5. The molecular formula is C9H8N2O5. The molecule has 1 heterocycles. The second-order valence-electron chi connectivity index (χ2n) is 3.42. The monoisotopic (exact) mass is 224 g/mol. The van der Waals surface area contributed by atoms with Gasteiger partial charge in [-0.05, 0) is 12.8 Å². The van der Waals surface area contributed by atoms with Crippen LogP contribution in [-0.2, 0) is 0 Å². The Balaban J connectivity index is 2.37. The van der Waals surface area contributed by atoms with E-state index in [1.807, 2.05) is 0 Å². The molecule has 1 aliphatic carbocycles. The summed E-state index contributed by atoms with van der Waals surface area (Å²) in [5.74, 6) is -1.30. The Morgan fingerprint density at radius 2 is 2.31 bits per heavy atom. The highest BCUT2D eigenvalue weighted by Crippen LogP contribution is 2.30. The SMILES string of the molecule is O=C(O)c1ncc([N+](=O)[O-])cc1OC1CC1. The van der Waals surface area contributed by atoms with E-state index < -0.39 is 10.9 Å². The summed E-state index contributed by atoms with van der Waals surface area (Å²) in [7, 11) is 0. The topological polar surface area (TPSA) is 103 Å². The number of pyridine rings is 1. The maximum absolute atomic E-state index is 10.8. The van der Waals surface area contributed by atoms with Crippen molar-refractivity contribution in [1.82, 2.24) is 4.98 Å². The van der Waals surface area contributed by atoms with E-state index in [-0.39, 0.29) is 23.2 Å². The second kappa shape index (κ2) is 3.76. The molecule has 0 atom stereocenters. The Labute approximate surface area is 89.8 Å². The van der Waals surface area contributed by atoms with Crippen LogP contribution in [0.25, 0.3) is 0 Å². The van der Waals surface area contributed by atoms with Crippen molar-refractivity contribution >= 4 is 11.7 Å². The fraction of sp³-hybridized carbons (Fsp3) is 0.333. The van der Waals surface area contributed by atoms with E-state index in [2.05, 4.69) is 4.98 Å². The van der Waals surface area contributed by atoms with Gasteiger partial charge in [-0.25, -0.2) is 9.78 Å². The number of aromatic carboxylic acids is 1. The van der Waals surface area contributed by atoms with Crippen molar-refractivity contribution in [1.29, 1.82) is 0 Å². The molecule has 1 aromatic heterocycles. The molecule has 0 aromatic carbocycles.